The van der Waals surface area contributed by atoms with Gasteiger partial charge in [0.15, 0.2) is 10.6 Å². The van der Waals surface area contributed by atoms with E-state index in [1.807, 2.05) is 59.2 Å². The van der Waals surface area contributed by atoms with Crippen LogP contribution in [-0.4, -0.2) is 17.5 Å². The monoisotopic (exact) mass is 558 g/mol. The number of hydrogen-bond acceptors (Lipinski definition) is 6. The number of ketones is 1. The third kappa shape index (κ3) is 4.39. The average molecular weight is 559 g/mol. The molecule has 3 aromatic carbocycles. The van der Waals surface area contributed by atoms with Crippen LogP contribution in [0.15, 0.2) is 105 Å². The van der Waals surface area contributed by atoms with Gasteiger partial charge in [-0.05, 0) is 60.7 Å². The number of nitrogens with zero attached hydrogens (tertiary/aromatic N) is 2. The standard InChI is InChI=1S/C34H26N2O4S/c1-20(37)21-7-9-23(10-8-21)29-18-16-26(40-29)19-30-33(38)36-32(24-11-14-25(39-2)15-12-24)28-17-13-22-5-3-4-6-27(22)31(28)35-34(36)41-30/h3-12,14-16,18-19,32H,13,17H2,1-2H3/b30-19-. The molecule has 0 bridgehead atoms. The summed E-state index contributed by atoms with van der Waals surface area (Å²) >= 11 is 1.38. The number of ether oxygens (including phenoxy) is 1. The van der Waals surface area contributed by atoms with Gasteiger partial charge in [-0.1, -0.05) is 72.0 Å². The minimum atomic E-state index is -0.255. The van der Waals surface area contributed by atoms with Gasteiger partial charge in [0.2, 0.25) is 0 Å². The highest BCUT2D eigenvalue weighted by Crippen LogP contribution is 2.41. The SMILES string of the molecule is COc1ccc(C2C3=C(N=c4s/c(=C\c5ccc(-c6ccc(C(C)=O)cc6)o5)c(=O)n42)c2ccccc2CC3)cc1. The minimum absolute atomic E-state index is 0.0187. The maximum absolute atomic E-state index is 14.0. The largest absolute Gasteiger partial charge is 0.497 e. The minimum Gasteiger partial charge on any atom is -0.497 e. The zero-order valence-corrected chi connectivity index (χ0v) is 23.4. The van der Waals surface area contributed by atoms with Crippen molar-refractivity contribution in [3.8, 4) is 17.1 Å². The first-order valence-corrected chi connectivity index (χ1v) is 14.3. The molecule has 1 aliphatic heterocycles. The van der Waals surface area contributed by atoms with Gasteiger partial charge in [-0.25, -0.2) is 4.99 Å². The highest BCUT2D eigenvalue weighted by Gasteiger charge is 2.32. The van der Waals surface area contributed by atoms with Crippen LogP contribution in [0, 0.1) is 0 Å². The predicted molar refractivity (Wildman–Crippen MR) is 160 cm³/mol. The van der Waals surface area contributed by atoms with Crippen molar-refractivity contribution in [3.63, 3.8) is 0 Å². The Bertz CT molecular complexity index is 2030. The zero-order valence-electron chi connectivity index (χ0n) is 22.6. The molecule has 41 heavy (non-hydrogen) atoms. The zero-order chi connectivity index (χ0) is 28.1. The molecular formula is C34H26N2O4S. The molecule has 1 unspecified atom stereocenters. The second-order valence-corrected chi connectivity index (χ2v) is 11.2. The molecule has 0 radical (unpaired) electrons. The van der Waals surface area contributed by atoms with Crippen molar-refractivity contribution in [2.45, 2.75) is 25.8 Å². The van der Waals surface area contributed by atoms with Crippen LogP contribution in [-0.2, 0) is 6.42 Å². The summed E-state index contributed by atoms with van der Waals surface area (Å²) in [6.07, 6.45) is 3.53. The lowest BCUT2D eigenvalue weighted by Gasteiger charge is -2.30. The maximum Gasteiger partial charge on any atom is 0.271 e. The quantitative estimate of drug-likeness (QED) is 0.256. The van der Waals surface area contributed by atoms with E-state index in [0.29, 0.717) is 26.4 Å². The van der Waals surface area contributed by atoms with E-state index in [4.69, 9.17) is 14.1 Å². The number of furan rings is 1. The van der Waals surface area contributed by atoms with Crippen molar-refractivity contribution in [3.05, 3.63) is 138 Å². The van der Waals surface area contributed by atoms with Gasteiger partial charge >= 0.3 is 0 Å². The van der Waals surface area contributed by atoms with Gasteiger partial charge in [-0.15, -0.1) is 0 Å². The molecular weight excluding hydrogens is 532 g/mol. The van der Waals surface area contributed by atoms with Crippen LogP contribution in [0.4, 0.5) is 0 Å². The van der Waals surface area contributed by atoms with Gasteiger partial charge < -0.3 is 9.15 Å². The van der Waals surface area contributed by atoms with Crippen molar-refractivity contribution in [2.75, 3.05) is 7.11 Å². The van der Waals surface area contributed by atoms with Gasteiger partial charge in [0.1, 0.15) is 17.3 Å². The number of Topliss-reactive ketones (excluding diaryl/α,β-unsaturated/α-hetero) is 1. The molecule has 3 heterocycles. The molecule has 0 spiro atoms. The first kappa shape index (κ1) is 25.2. The summed E-state index contributed by atoms with van der Waals surface area (Å²) in [6.45, 7) is 1.55. The average Bonchev–Trinajstić information content (AvgIpc) is 3.60. The topological polar surface area (TPSA) is 73.8 Å². The van der Waals surface area contributed by atoms with E-state index in [-0.39, 0.29) is 17.4 Å². The fourth-order valence-corrected chi connectivity index (χ4v) is 6.67. The maximum atomic E-state index is 14.0. The number of rotatable bonds is 5. The van der Waals surface area contributed by atoms with Gasteiger partial charge in [0.25, 0.3) is 5.56 Å². The molecule has 0 amide bonds. The summed E-state index contributed by atoms with van der Waals surface area (Å²) in [5.74, 6) is 2.04. The second-order valence-electron chi connectivity index (χ2n) is 10.2. The lowest BCUT2D eigenvalue weighted by atomic mass is 9.83. The van der Waals surface area contributed by atoms with Crippen LogP contribution in [0.5, 0.6) is 5.75 Å². The van der Waals surface area contributed by atoms with Crippen LogP contribution < -0.4 is 19.6 Å². The van der Waals surface area contributed by atoms with Crippen LogP contribution >= 0.6 is 11.3 Å². The first-order valence-electron chi connectivity index (χ1n) is 13.5. The van der Waals surface area contributed by atoms with Gasteiger partial charge in [0.05, 0.1) is 23.4 Å². The van der Waals surface area contributed by atoms with Gasteiger partial charge in [-0.3, -0.25) is 14.2 Å². The first-order chi connectivity index (χ1) is 20.0. The normalized spacial score (nSPS) is 16.0. The van der Waals surface area contributed by atoms with Crippen molar-refractivity contribution in [2.24, 2.45) is 4.99 Å². The number of aromatic nitrogens is 1. The molecule has 6 nitrogen and oxygen atoms in total. The van der Waals surface area contributed by atoms with E-state index in [1.54, 1.807) is 32.2 Å². The molecule has 1 atom stereocenters. The van der Waals surface area contributed by atoms with Gasteiger partial charge in [0, 0.05) is 22.8 Å². The summed E-state index contributed by atoms with van der Waals surface area (Å²) in [5, 5.41) is 0. The van der Waals surface area contributed by atoms with E-state index in [0.717, 1.165) is 46.6 Å². The number of carbonyl (C=O) groups excluding carboxylic acids is 1. The van der Waals surface area contributed by atoms with E-state index >= 15 is 0 Å². The van der Waals surface area contributed by atoms with Crippen LogP contribution in [0.1, 0.15) is 52.2 Å². The molecule has 7 rings (SSSR count). The fourth-order valence-electron chi connectivity index (χ4n) is 5.69. The number of allylic oxidation sites excluding steroid dienone is 1. The van der Waals surface area contributed by atoms with E-state index < -0.39 is 0 Å². The van der Waals surface area contributed by atoms with Crippen LogP contribution in [0.3, 0.4) is 0 Å². The van der Waals surface area contributed by atoms with Crippen LogP contribution in [0.2, 0.25) is 0 Å². The Morgan fingerprint density at radius 2 is 1.78 bits per heavy atom. The summed E-state index contributed by atoms with van der Waals surface area (Å²) in [4.78, 5) is 31.4. The number of carbonyl (C=O) groups is 1. The highest BCUT2D eigenvalue weighted by atomic mass is 32.1. The Morgan fingerprint density at radius 1 is 1.00 bits per heavy atom. The lowest BCUT2D eigenvalue weighted by Crippen LogP contribution is -2.38. The fraction of sp³-hybridized carbons (Fsp3) is 0.147. The number of thiazole rings is 1. The van der Waals surface area contributed by atoms with Crippen molar-refractivity contribution in [1.29, 1.82) is 0 Å². The Labute approximate surface area is 240 Å². The number of aryl methyl sites for hydroxylation is 1. The summed E-state index contributed by atoms with van der Waals surface area (Å²) in [6, 6.07) is 27.1. The summed E-state index contributed by atoms with van der Waals surface area (Å²) < 4.78 is 13.9. The molecule has 5 aromatic rings. The van der Waals surface area contributed by atoms with Gasteiger partial charge in [-0.2, -0.15) is 0 Å². The third-order valence-electron chi connectivity index (χ3n) is 7.78. The Balaban J connectivity index is 1.35. The Kier molecular flexibility index (Phi) is 6.16. The molecule has 2 aromatic heterocycles. The molecule has 0 fully saturated rings. The highest BCUT2D eigenvalue weighted by molar-refractivity contribution is 7.07. The molecule has 202 valence electrons. The molecule has 0 saturated heterocycles. The Hall–Kier alpha value is -4.75. The van der Waals surface area contributed by atoms with E-state index in [2.05, 4.69) is 18.2 Å². The number of fused-ring (bicyclic) bond motifs is 3. The third-order valence-corrected chi connectivity index (χ3v) is 8.76. The number of benzene rings is 3. The summed E-state index contributed by atoms with van der Waals surface area (Å²) in [5.41, 5.74) is 6.98. The Morgan fingerprint density at radius 3 is 2.54 bits per heavy atom. The van der Waals surface area contributed by atoms with Crippen molar-refractivity contribution in [1.82, 2.24) is 4.57 Å². The lowest BCUT2D eigenvalue weighted by molar-refractivity contribution is 0.101. The number of hydrogen-bond donors (Lipinski definition) is 0. The molecule has 2 aliphatic rings. The molecule has 1 aliphatic carbocycles. The predicted octanol–water partition coefficient (Wildman–Crippen LogP) is 5.79. The van der Waals surface area contributed by atoms with Crippen molar-refractivity contribution >= 4 is 28.9 Å². The number of methoxy groups -OCH3 is 1. The molecule has 0 N–H and O–H groups in total. The second kappa shape index (κ2) is 10.0. The van der Waals surface area contributed by atoms with Crippen molar-refractivity contribution < 1.29 is 13.9 Å². The molecule has 0 saturated carbocycles. The molecule has 7 heteroatoms. The summed E-state index contributed by atoms with van der Waals surface area (Å²) in [7, 11) is 1.65. The van der Waals surface area contributed by atoms with Crippen LogP contribution in [0.25, 0.3) is 23.1 Å². The van der Waals surface area contributed by atoms with E-state index in [9.17, 15) is 9.59 Å². The van der Waals surface area contributed by atoms with E-state index in [1.165, 1.54) is 16.9 Å². The smallest absolute Gasteiger partial charge is 0.271 e.